The molecule has 1 amide bonds. The maximum atomic E-state index is 12.3. The molecule has 0 fully saturated rings. The van der Waals surface area contributed by atoms with Gasteiger partial charge in [0.15, 0.2) is 0 Å². The highest BCUT2D eigenvalue weighted by atomic mass is 32.2. The number of carbonyl (C=O) groups is 1. The molecule has 140 valence electrons. The van der Waals surface area contributed by atoms with E-state index in [1.807, 2.05) is 64.1 Å². The molecule has 0 radical (unpaired) electrons. The van der Waals surface area contributed by atoms with E-state index in [1.54, 1.807) is 0 Å². The van der Waals surface area contributed by atoms with Gasteiger partial charge in [0.25, 0.3) is 0 Å². The Hall–Kier alpha value is -2.34. The van der Waals surface area contributed by atoms with Crippen LogP contribution in [-0.4, -0.2) is 27.1 Å². The van der Waals surface area contributed by atoms with Crippen molar-refractivity contribution in [1.82, 2.24) is 0 Å². The Balaban J connectivity index is 2.15. The van der Waals surface area contributed by atoms with E-state index >= 15 is 0 Å². The van der Waals surface area contributed by atoms with Crippen molar-refractivity contribution in [3.8, 4) is 0 Å². The van der Waals surface area contributed by atoms with Gasteiger partial charge in [-0.05, 0) is 68.1 Å². The average Bonchev–Trinajstić information content (AvgIpc) is 2.50. The van der Waals surface area contributed by atoms with Gasteiger partial charge in [-0.15, -0.1) is 0 Å². The predicted octanol–water partition coefficient (Wildman–Crippen LogP) is 3.72. The molecule has 0 saturated carbocycles. The number of aryl methyl sites for hydroxylation is 3. The third-order valence-electron chi connectivity index (χ3n) is 4.32. The van der Waals surface area contributed by atoms with Gasteiger partial charge in [0.2, 0.25) is 15.9 Å². The van der Waals surface area contributed by atoms with Crippen molar-refractivity contribution >= 4 is 27.3 Å². The third-order valence-corrected chi connectivity index (χ3v) is 5.51. The molecule has 26 heavy (non-hydrogen) atoms. The second-order valence-corrected chi connectivity index (χ2v) is 8.63. The molecule has 0 atom stereocenters. The summed E-state index contributed by atoms with van der Waals surface area (Å²) in [5, 5.41) is 2.87. The van der Waals surface area contributed by atoms with Crippen molar-refractivity contribution in [3.05, 3.63) is 58.7 Å². The van der Waals surface area contributed by atoms with Crippen LogP contribution in [-0.2, 0) is 14.8 Å². The molecular weight excluding hydrogens is 348 g/mol. The summed E-state index contributed by atoms with van der Waals surface area (Å²) in [6, 6.07) is 11.3. The molecule has 0 heterocycles. The lowest BCUT2D eigenvalue weighted by atomic mass is 10.1. The van der Waals surface area contributed by atoms with Gasteiger partial charge in [-0.1, -0.05) is 18.2 Å². The summed E-state index contributed by atoms with van der Waals surface area (Å²) < 4.78 is 25.7. The molecule has 2 aromatic rings. The van der Waals surface area contributed by atoms with Crippen LogP contribution in [0.1, 0.15) is 28.7 Å². The lowest BCUT2D eigenvalue weighted by molar-refractivity contribution is -0.116. The Bertz CT molecular complexity index is 900. The number of anilines is 2. The van der Waals surface area contributed by atoms with Crippen LogP contribution in [0, 0.1) is 27.7 Å². The smallest absolute Gasteiger partial charge is 0.232 e. The van der Waals surface area contributed by atoms with E-state index < -0.39 is 10.0 Å². The van der Waals surface area contributed by atoms with Gasteiger partial charge in [0.1, 0.15) is 0 Å². The molecule has 5 nitrogen and oxygen atoms in total. The Labute approximate surface area is 156 Å². The van der Waals surface area contributed by atoms with Crippen LogP contribution in [0.4, 0.5) is 11.4 Å². The van der Waals surface area contributed by atoms with Crippen LogP contribution >= 0.6 is 0 Å². The number of nitrogens with one attached hydrogen (secondary N) is 1. The van der Waals surface area contributed by atoms with Crippen LogP contribution in [0.2, 0.25) is 0 Å². The molecule has 0 aliphatic rings. The highest BCUT2D eigenvalue weighted by Gasteiger charge is 2.19. The van der Waals surface area contributed by atoms with Crippen molar-refractivity contribution in [2.75, 3.05) is 22.4 Å². The largest absolute Gasteiger partial charge is 0.326 e. The van der Waals surface area contributed by atoms with Crippen molar-refractivity contribution in [1.29, 1.82) is 0 Å². The fraction of sp³-hybridized carbons (Fsp3) is 0.350. The first-order chi connectivity index (χ1) is 12.1. The Morgan fingerprint density at radius 1 is 1.04 bits per heavy atom. The molecule has 0 aromatic heterocycles. The molecule has 0 spiro atoms. The number of amides is 1. The monoisotopic (exact) mass is 374 g/mol. The van der Waals surface area contributed by atoms with Gasteiger partial charge in [-0.3, -0.25) is 9.10 Å². The number of carbonyl (C=O) groups excluding carboxylic acids is 1. The van der Waals surface area contributed by atoms with E-state index in [2.05, 4.69) is 5.32 Å². The number of rotatable bonds is 6. The van der Waals surface area contributed by atoms with Crippen LogP contribution in [0.5, 0.6) is 0 Å². The van der Waals surface area contributed by atoms with Crippen LogP contribution in [0.3, 0.4) is 0 Å². The summed E-state index contributed by atoms with van der Waals surface area (Å²) in [7, 11) is -3.48. The molecule has 2 rings (SSSR count). The fourth-order valence-electron chi connectivity index (χ4n) is 2.88. The van der Waals surface area contributed by atoms with Gasteiger partial charge in [0, 0.05) is 18.7 Å². The van der Waals surface area contributed by atoms with Crippen molar-refractivity contribution < 1.29 is 13.2 Å². The van der Waals surface area contributed by atoms with Crippen molar-refractivity contribution in [3.63, 3.8) is 0 Å². The van der Waals surface area contributed by atoms with Gasteiger partial charge >= 0.3 is 0 Å². The zero-order valence-electron chi connectivity index (χ0n) is 16.0. The first-order valence-electron chi connectivity index (χ1n) is 8.50. The number of hydrogen-bond acceptors (Lipinski definition) is 3. The van der Waals surface area contributed by atoms with Crippen molar-refractivity contribution in [2.24, 2.45) is 0 Å². The van der Waals surface area contributed by atoms with Gasteiger partial charge in [-0.25, -0.2) is 8.42 Å². The zero-order valence-corrected chi connectivity index (χ0v) is 16.8. The number of sulfonamides is 1. The fourth-order valence-corrected chi connectivity index (χ4v) is 3.79. The average molecular weight is 375 g/mol. The molecule has 0 bridgehead atoms. The minimum absolute atomic E-state index is 0.0768. The molecule has 0 saturated heterocycles. The van der Waals surface area contributed by atoms with Gasteiger partial charge < -0.3 is 5.32 Å². The second kappa shape index (κ2) is 7.91. The Morgan fingerprint density at radius 2 is 1.65 bits per heavy atom. The number of hydrogen-bond donors (Lipinski definition) is 1. The minimum atomic E-state index is -3.48. The molecule has 2 aromatic carbocycles. The Kier molecular flexibility index (Phi) is 6.08. The quantitative estimate of drug-likeness (QED) is 0.838. The van der Waals surface area contributed by atoms with Crippen LogP contribution in [0.25, 0.3) is 0 Å². The topological polar surface area (TPSA) is 66.5 Å². The molecule has 0 unspecified atom stereocenters. The minimum Gasteiger partial charge on any atom is -0.326 e. The normalized spacial score (nSPS) is 11.3. The molecular formula is C20H26N2O3S. The van der Waals surface area contributed by atoms with E-state index in [0.29, 0.717) is 5.69 Å². The number of benzene rings is 2. The summed E-state index contributed by atoms with van der Waals surface area (Å²) in [5.74, 6) is -0.211. The SMILES string of the molecule is Cc1cc(C)cc(N(CCC(=O)Nc2cccc(C)c2C)S(C)(=O)=O)c1. The summed E-state index contributed by atoms with van der Waals surface area (Å²) >= 11 is 0. The van der Waals surface area contributed by atoms with Gasteiger partial charge in [-0.2, -0.15) is 0 Å². The van der Waals surface area contributed by atoms with Crippen LogP contribution < -0.4 is 9.62 Å². The van der Waals surface area contributed by atoms with E-state index in [0.717, 1.165) is 34.2 Å². The van der Waals surface area contributed by atoms with Gasteiger partial charge in [0.05, 0.1) is 11.9 Å². The van der Waals surface area contributed by atoms with E-state index in [1.165, 1.54) is 4.31 Å². The predicted molar refractivity (Wildman–Crippen MR) is 107 cm³/mol. The lowest BCUT2D eigenvalue weighted by Crippen LogP contribution is -2.33. The van der Waals surface area contributed by atoms with E-state index in [-0.39, 0.29) is 18.9 Å². The molecule has 0 aliphatic carbocycles. The summed E-state index contributed by atoms with van der Waals surface area (Å²) in [6.45, 7) is 7.87. The second-order valence-electron chi connectivity index (χ2n) is 6.73. The molecule has 6 heteroatoms. The van der Waals surface area contributed by atoms with E-state index in [4.69, 9.17) is 0 Å². The standard InChI is InChI=1S/C20H26N2O3S/c1-14-11-15(2)13-18(12-14)22(26(5,24)25)10-9-20(23)21-19-8-6-7-16(3)17(19)4/h6-8,11-13H,9-10H2,1-5H3,(H,21,23). The highest BCUT2D eigenvalue weighted by Crippen LogP contribution is 2.22. The maximum Gasteiger partial charge on any atom is 0.232 e. The Morgan fingerprint density at radius 3 is 2.23 bits per heavy atom. The highest BCUT2D eigenvalue weighted by molar-refractivity contribution is 7.92. The summed E-state index contributed by atoms with van der Waals surface area (Å²) in [6.07, 6.45) is 1.24. The van der Waals surface area contributed by atoms with E-state index in [9.17, 15) is 13.2 Å². The third kappa shape index (κ3) is 5.08. The number of nitrogens with zero attached hydrogens (tertiary/aromatic N) is 1. The first kappa shape index (κ1) is 20.0. The summed E-state index contributed by atoms with van der Waals surface area (Å²) in [4.78, 5) is 12.3. The summed E-state index contributed by atoms with van der Waals surface area (Å²) in [5.41, 5.74) is 5.41. The molecule has 1 N–H and O–H groups in total. The first-order valence-corrected chi connectivity index (χ1v) is 10.3. The molecule has 0 aliphatic heterocycles. The lowest BCUT2D eigenvalue weighted by Gasteiger charge is -2.23. The zero-order chi connectivity index (χ0) is 19.5. The van der Waals surface area contributed by atoms with Crippen LogP contribution in [0.15, 0.2) is 36.4 Å². The van der Waals surface area contributed by atoms with Crippen molar-refractivity contribution in [2.45, 2.75) is 34.1 Å². The maximum absolute atomic E-state index is 12.3.